The topological polar surface area (TPSA) is 56.2 Å². The Balaban J connectivity index is 2.21. The first-order valence-corrected chi connectivity index (χ1v) is 6.46. The third-order valence-electron chi connectivity index (χ3n) is 2.90. The molecule has 0 aliphatic rings. The fraction of sp³-hybridized carbons (Fsp3) is 0.429. The SMILES string of the molecule is CCCn1c(CNC(=O)COC)nc2ccccc21. The molecule has 1 amide bonds. The molecular formula is C14H19N3O2. The molecule has 0 aliphatic carbocycles. The van der Waals surface area contributed by atoms with Crippen LogP contribution in [0, 0.1) is 0 Å². The second-order valence-corrected chi connectivity index (χ2v) is 4.38. The van der Waals surface area contributed by atoms with Crippen LogP contribution in [0.2, 0.25) is 0 Å². The van der Waals surface area contributed by atoms with Gasteiger partial charge >= 0.3 is 0 Å². The fourth-order valence-electron chi connectivity index (χ4n) is 2.09. The van der Waals surface area contributed by atoms with Gasteiger partial charge in [-0.1, -0.05) is 19.1 Å². The van der Waals surface area contributed by atoms with Crippen LogP contribution in [0.5, 0.6) is 0 Å². The maximum atomic E-state index is 11.4. The van der Waals surface area contributed by atoms with Crippen molar-refractivity contribution in [3.8, 4) is 0 Å². The maximum absolute atomic E-state index is 11.4. The van der Waals surface area contributed by atoms with Gasteiger partial charge in [0.15, 0.2) is 0 Å². The monoisotopic (exact) mass is 261 g/mol. The molecule has 1 N–H and O–H groups in total. The lowest BCUT2D eigenvalue weighted by atomic mass is 10.3. The van der Waals surface area contributed by atoms with Gasteiger partial charge in [-0.3, -0.25) is 4.79 Å². The fourth-order valence-corrected chi connectivity index (χ4v) is 2.09. The van der Waals surface area contributed by atoms with Crippen LogP contribution in [0.15, 0.2) is 24.3 Å². The lowest BCUT2D eigenvalue weighted by Gasteiger charge is -2.08. The maximum Gasteiger partial charge on any atom is 0.246 e. The van der Waals surface area contributed by atoms with Gasteiger partial charge in [0.25, 0.3) is 0 Å². The van der Waals surface area contributed by atoms with E-state index in [0.717, 1.165) is 29.8 Å². The minimum absolute atomic E-state index is 0.0774. The lowest BCUT2D eigenvalue weighted by Crippen LogP contribution is -2.28. The number of carbonyl (C=O) groups excluding carboxylic acids is 1. The molecular weight excluding hydrogens is 242 g/mol. The van der Waals surface area contributed by atoms with Gasteiger partial charge in [0.1, 0.15) is 12.4 Å². The van der Waals surface area contributed by atoms with E-state index in [2.05, 4.69) is 27.9 Å². The number of methoxy groups -OCH3 is 1. The van der Waals surface area contributed by atoms with Crippen LogP contribution in [-0.4, -0.2) is 29.2 Å². The number of aryl methyl sites for hydroxylation is 1. The highest BCUT2D eigenvalue weighted by Crippen LogP contribution is 2.16. The Morgan fingerprint density at radius 2 is 2.21 bits per heavy atom. The van der Waals surface area contributed by atoms with Crippen molar-refractivity contribution in [2.24, 2.45) is 0 Å². The molecule has 1 aromatic heterocycles. The molecule has 0 bridgehead atoms. The summed E-state index contributed by atoms with van der Waals surface area (Å²) in [7, 11) is 1.51. The number of rotatable bonds is 6. The Hall–Kier alpha value is -1.88. The van der Waals surface area contributed by atoms with Crippen molar-refractivity contribution < 1.29 is 9.53 Å². The molecule has 5 nitrogen and oxygen atoms in total. The van der Waals surface area contributed by atoms with E-state index in [1.807, 2.05) is 18.2 Å². The number of nitrogens with zero attached hydrogens (tertiary/aromatic N) is 2. The predicted octanol–water partition coefficient (Wildman–Crippen LogP) is 1.71. The van der Waals surface area contributed by atoms with Crippen molar-refractivity contribution in [1.29, 1.82) is 0 Å². The van der Waals surface area contributed by atoms with Crippen LogP contribution < -0.4 is 5.32 Å². The third-order valence-corrected chi connectivity index (χ3v) is 2.90. The molecule has 0 saturated heterocycles. The molecule has 2 aromatic rings. The van der Waals surface area contributed by atoms with Crippen LogP contribution in [-0.2, 0) is 22.6 Å². The summed E-state index contributed by atoms with van der Waals surface area (Å²) in [5, 5.41) is 2.81. The van der Waals surface area contributed by atoms with Crippen molar-refractivity contribution in [3.05, 3.63) is 30.1 Å². The molecule has 0 saturated carbocycles. The van der Waals surface area contributed by atoms with Crippen molar-refractivity contribution in [2.75, 3.05) is 13.7 Å². The third kappa shape index (κ3) is 3.12. The summed E-state index contributed by atoms with van der Waals surface area (Å²) < 4.78 is 6.94. The smallest absolute Gasteiger partial charge is 0.246 e. The van der Waals surface area contributed by atoms with E-state index in [4.69, 9.17) is 4.74 Å². The summed E-state index contributed by atoms with van der Waals surface area (Å²) in [6.07, 6.45) is 1.03. The first-order chi connectivity index (χ1) is 9.26. The highest BCUT2D eigenvalue weighted by atomic mass is 16.5. The zero-order valence-corrected chi connectivity index (χ0v) is 11.3. The quantitative estimate of drug-likeness (QED) is 0.861. The number of carbonyl (C=O) groups is 1. The first kappa shape index (κ1) is 13.5. The first-order valence-electron chi connectivity index (χ1n) is 6.46. The number of para-hydroxylation sites is 2. The molecule has 1 aromatic carbocycles. The van der Waals surface area contributed by atoms with E-state index in [1.54, 1.807) is 0 Å². The van der Waals surface area contributed by atoms with Crippen molar-refractivity contribution in [1.82, 2.24) is 14.9 Å². The van der Waals surface area contributed by atoms with E-state index in [-0.39, 0.29) is 12.5 Å². The average Bonchev–Trinajstić information content (AvgIpc) is 2.76. The van der Waals surface area contributed by atoms with Gasteiger partial charge in [0.05, 0.1) is 17.6 Å². The molecule has 19 heavy (non-hydrogen) atoms. The van der Waals surface area contributed by atoms with Crippen LogP contribution in [0.25, 0.3) is 11.0 Å². The number of amides is 1. The zero-order valence-electron chi connectivity index (χ0n) is 11.3. The molecule has 0 fully saturated rings. The lowest BCUT2D eigenvalue weighted by molar-refractivity contribution is -0.124. The summed E-state index contributed by atoms with van der Waals surface area (Å²) in [5.41, 5.74) is 2.08. The zero-order chi connectivity index (χ0) is 13.7. The average molecular weight is 261 g/mol. The number of ether oxygens (including phenoxy) is 1. The van der Waals surface area contributed by atoms with E-state index in [0.29, 0.717) is 6.54 Å². The van der Waals surface area contributed by atoms with Gasteiger partial charge in [-0.05, 0) is 18.6 Å². The van der Waals surface area contributed by atoms with Gasteiger partial charge in [-0.25, -0.2) is 4.98 Å². The van der Waals surface area contributed by atoms with E-state index in [1.165, 1.54) is 7.11 Å². The molecule has 0 atom stereocenters. The van der Waals surface area contributed by atoms with Crippen molar-refractivity contribution in [3.63, 3.8) is 0 Å². The van der Waals surface area contributed by atoms with Crippen LogP contribution >= 0.6 is 0 Å². The number of hydrogen-bond acceptors (Lipinski definition) is 3. The van der Waals surface area contributed by atoms with Gasteiger partial charge in [0.2, 0.25) is 5.91 Å². The summed E-state index contributed by atoms with van der Waals surface area (Å²) in [6, 6.07) is 8.02. The van der Waals surface area contributed by atoms with E-state index >= 15 is 0 Å². The van der Waals surface area contributed by atoms with E-state index < -0.39 is 0 Å². The van der Waals surface area contributed by atoms with Crippen molar-refractivity contribution in [2.45, 2.75) is 26.4 Å². The van der Waals surface area contributed by atoms with Crippen molar-refractivity contribution >= 4 is 16.9 Å². The van der Waals surface area contributed by atoms with E-state index in [9.17, 15) is 4.79 Å². The highest BCUT2D eigenvalue weighted by Gasteiger charge is 2.10. The number of nitrogens with one attached hydrogen (secondary N) is 1. The Morgan fingerprint density at radius 1 is 1.42 bits per heavy atom. The number of aromatic nitrogens is 2. The highest BCUT2D eigenvalue weighted by molar-refractivity contribution is 5.78. The Bertz CT molecular complexity index is 563. The predicted molar refractivity (Wildman–Crippen MR) is 73.7 cm³/mol. The molecule has 2 rings (SSSR count). The van der Waals surface area contributed by atoms with Crippen LogP contribution in [0.4, 0.5) is 0 Å². The summed E-state index contributed by atoms with van der Waals surface area (Å²) in [6.45, 7) is 3.53. The number of fused-ring (bicyclic) bond motifs is 1. The van der Waals surface area contributed by atoms with Gasteiger partial charge < -0.3 is 14.6 Å². The number of hydrogen-bond donors (Lipinski definition) is 1. The summed E-state index contributed by atoms with van der Waals surface area (Å²) >= 11 is 0. The molecule has 5 heteroatoms. The van der Waals surface area contributed by atoms with Crippen LogP contribution in [0.3, 0.4) is 0 Å². The Morgan fingerprint density at radius 3 is 2.95 bits per heavy atom. The normalized spacial score (nSPS) is 10.8. The Labute approximate surface area is 112 Å². The molecule has 102 valence electrons. The van der Waals surface area contributed by atoms with Gasteiger partial charge in [-0.15, -0.1) is 0 Å². The van der Waals surface area contributed by atoms with Gasteiger partial charge in [-0.2, -0.15) is 0 Å². The molecule has 0 aliphatic heterocycles. The summed E-state index contributed by atoms with van der Waals surface area (Å²) in [5.74, 6) is 0.755. The van der Waals surface area contributed by atoms with Gasteiger partial charge in [0, 0.05) is 13.7 Å². The number of benzene rings is 1. The molecule has 0 unspecified atom stereocenters. The molecule has 1 heterocycles. The minimum atomic E-state index is -0.127. The largest absolute Gasteiger partial charge is 0.375 e. The number of imidazole rings is 1. The minimum Gasteiger partial charge on any atom is -0.375 e. The second-order valence-electron chi connectivity index (χ2n) is 4.38. The molecule has 0 radical (unpaired) electrons. The Kier molecular flexibility index (Phi) is 4.52. The summed E-state index contributed by atoms with van der Waals surface area (Å²) in [4.78, 5) is 16.0. The standard InChI is InChI=1S/C14H19N3O2/c1-3-8-17-12-7-5-4-6-11(12)16-13(17)9-15-14(18)10-19-2/h4-7H,3,8-10H2,1-2H3,(H,15,18). The molecule has 0 spiro atoms. The second kappa shape index (κ2) is 6.33. The van der Waals surface area contributed by atoms with Crippen LogP contribution in [0.1, 0.15) is 19.2 Å².